The summed E-state index contributed by atoms with van der Waals surface area (Å²) in [6.07, 6.45) is 0. The van der Waals surface area contributed by atoms with Crippen LogP contribution in [0.1, 0.15) is 26.3 Å². The van der Waals surface area contributed by atoms with E-state index in [1.807, 2.05) is 0 Å². The molecule has 4 nitrogen and oxygen atoms in total. The fourth-order valence-electron chi connectivity index (χ4n) is 3.44. The third kappa shape index (κ3) is 2.51. The number of methoxy groups -OCH3 is 1. The van der Waals surface area contributed by atoms with Gasteiger partial charge in [0.1, 0.15) is 11.6 Å². The van der Waals surface area contributed by atoms with Crippen molar-refractivity contribution in [3.8, 4) is 5.75 Å². The molecule has 0 aromatic heterocycles. The molecule has 0 fully saturated rings. The van der Waals surface area contributed by atoms with Crippen LogP contribution in [-0.4, -0.2) is 18.7 Å². The van der Waals surface area contributed by atoms with Crippen molar-refractivity contribution >= 4 is 17.3 Å². The molecule has 4 rings (SSSR count). The standard InChI is InChI=1S/C22H16FNO3/c1-27-15-12-10-14(11-13-15)22(24-19-9-5-4-8-18(19)23)20(25)16-6-2-3-7-17(16)21(22)26/h2-13,24H,1H3. The van der Waals surface area contributed by atoms with E-state index in [0.29, 0.717) is 22.4 Å². The lowest BCUT2D eigenvalue weighted by Crippen LogP contribution is -2.46. The number of anilines is 1. The maximum absolute atomic E-state index is 14.3. The number of hydrogen-bond acceptors (Lipinski definition) is 4. The number of ketones is 2. The van der Waals surface area contributed by atoms with Crippen LogP contribution in [-0.2, 0) is 5.54 Å². The molecule has 0 unspecified atom stereocenters. The maximum atomic E-state index is 14.3. The van der Waals surface area contributed by atoms with Gasteiger partial charge in [-0.2, -0.15) is 0 Å². The third-order valence-electron chi connectivity index (χ3n) is 4.82. The number of ether oxygens (including phenoxy) is 1. The van der Waals surface area contributed by atoms with Gasteiger partial charge in [0.25, 0.3) is 0 Å². The second-order valence-corrected chi connectivity index (χ2v) is 6.29. The van der Waals surface area contributed by atoms with Gasteiger partial charge >= 0.3 is 0 Å². The lowest BCUT2D eigenvalue weighted by molar-refractivity contribution is 0.0818. The maximum Gasteiger partial charge on any atom is 0.201 e. The van der Waals surface area contributed by atoms with Crippen LogP contribution in [0.3, 0.4) is 0 Å². The highest BCUT2D eigenvalue weighted by molar-refractivity contribution is 6.34. The number of para-hydroxylation sites is 1. The summed E-state index contributed by atoms with van der Waals surface area (Å²) in [6.45, 7) is 0. The van der Waals surface area contributed by atoms with Crippen molar-refractivity contribution in [2.45, 2.75) is 5.54 Å². The Hall–Kier alpha value is -3.47. The van der Waals surface area contributed by atoms with E-state index in [1.165, 1.54) is 19.2 Å². The molecule has 1 N–H and O–H groups in total. The number of halogens is 1. The Morgan fingerprint density at radius 3 is 1.93 bits per heavy atom. The first-order valence-electron chi connectivity index (χ1n) is 8.44. The number of carbonyl (C=O) groups is 2. The molecule has 1 aliphatic carbocycles. The van der Waals surface area contributed by atoms with Gasteiger partial charge in [-0.3, -0.25) is 9.59 Å². The van der Waals surface area contributed by atoms with Gasteiger partial charge in [0.2, 0.25) is 11.6 Å². The van der Waals surface area contributed by atoms with E-state index in [4.69, 9.17) is 4.74 Å². The van der Waals surface area contributed by atoms with Gasteiger partial charge in [-0.1, -0.05) is 48.5 Å². The van der Waals surface area contributed by atoms with E-state index < -0.39 is 22.9 Å². The van der Waals surface area contributed by atoms with Gasteiger partial charge in [0.05, 0.1) is 12.8 Å². The number of nitrogens with one attached hydrogen (secondary N) is 1. The van der Waals surface area contributed by atoms with Gasteiger partial charge in [-0.25, -0.2) is 4.39 Å². The first-order chi connectivity index (χ1) is 13.1. The smallest absolute Gasteiger partial charge is 0.201 e. The van der Waals surface area contributed by atoms with Crippen molar-refractivity contribution in [3.63, 3.8) is 0 Å². The first kappa shape index (κ1) is 17.0. The minimum absolute atomic E-state index is 0.0859. The van der Waals surface area contributed by atoms with Crippen LogP contribution in [0.4, 0.5) is 10.1 Å². The lowest BCUT2D eigenvalue weighted by Gasteiger charge is -2.29. The van der Waals surface area contributed by atoms with E-state index in [9.17, 15) is 14.0 Å². The normalized spacial score (nSPS) is 14.7. The Kier molecular flexibility index (Phi) is 4.00. The molecule has 0 saturated heterocycles. The van der Waals surface area contributed by atoms with Crippen molar-refractivity contribution in [3.05, 3.63) is 95.3 Å². The molecule has 0 atom stereocenters. The van der Waals surface area contributed by atoms with Gasteiger partial charge < -0.3 is 10.1 Å². The number of carbonyl (C=O) groups excluding carboxylic acids is 2. The molecule has 27 heavy (non-hydrogen) atoms. The monoisotopic (exact) mass is 361 g/mol. The van der Waals surface area contributed by atoms with Crippen LogP contribution >= 0.6 is 0 Å². The highest BCUT2D eigenvalue weighted by atomic mass is 19.1. The highest BCUT2D eigenvalue weighted by Gasteiger charge is 2.54. The third-order valence-corrected chi connectivity index (χ3v) is 4.82. The van der Waals surface area contributed by atoms with Crippen LogP contribution < -0.4 is 10.1 Å². The molecular formula is C22H16FNO3. The van der Waals surface area contributed by atoms with Crippen LogP contribution in [0.2, 0.25) is 0 Å². The lowest BCUT2D eigenvalue weighted by atomic mass is 9.84. The van der Waals surface area contributed by atoms with Crippen molar-refractivity contribution in [1.82, 2.24) is 0 Å². The largest absolute Gasteiger partial charge is 0.497 e. The second-order valence-electron chi connectivity index (χ2n) is 6.29. The first-order valence-corrected chi connectivity index (χ1v) is 8.44. The summed E-state index contributed by atoms with van der Waals surface area (Å²) in [4.78, 5) is 26.7. The average Bonchev–Trinajstić information content (AvgIpc) is 2.93. The minimum atomic E-state index is -1.72. The molecule has 0 spiro atoms. The van der Waals surface area contributed by atoms with Gasteiger partial charge in [0.15, 0.2) is 5.54 Å². The summed E-state index contributed by atoms with van der Waals surface area (Å²) in [5.41, 5.74) is -0.567. The zero-order chi connectivity index (χ0) is 19.0. The molecule has 1 aliphatic rings. The number of hydrogen-bond donors (Lipinski definition) is 1. The molecule has 0 saturated carbocycles. The molecule has 0 aliphatic heterocycles. The summed E-state index contributed by atoms with van der Waals surface area (Å²) in [5, 5.41) is 2.91. The number of benzene rings is 3. The highest BCUT2D eigenvalue weighted by Crippen LogP contribution is 2.41. The number of rotatable bonds is 4. The summed E-state index contributed by atoms with van der Waals surface area (Å²) in [5.74, 6) is -0.759. The average molecular weight is 361 g/mol. The topological polar surface area (TPSA) is 55.4 Å². The second kappa shape index (κ2) is 6.36. The molecule has 0 bridgehead atoms. The van der Waals surface area contributed by atoms with Gasteiger partial charge in [-0.15, -0.1) is 0 Å². The van der Waals surface area contributed by atoms with E-state index in [1.54, 1.807) is 60.7 Å². The molecule has 3 aromatic carbocycles. The zero-order valence-corrected chi connectivity index (χ0v) is 14.5. The van der Waals surface area contributed by atoms with Crippen LogP contribution in [0.5, 0.6) is 5.75 Å². The van der Waals surface area contributed by atoms with Crippen LogP contribution in [0, 0.1) is 5.82 Å². The quantitative estimate of drug-likeness (QED) is 0.707. The predicted molar refractivity (Wildman–Crippen MR) is 99.8 cm³/mol. The van der Waals surface area contributed by atoms with E-state index in [2.05, 4.69) is 5.32 Å². The minimum Gasteiger partial charge on any atom is -0.497 e. The van der Waals surface area contributed by atoms with E-state index in [-0.39, 0.29) is 5.69 Å². The molecule has 0 heterocycles. The Labute approximate surface area is 155 Å². The fraction of sp³-hybridized carbons (Fsp3) is 0.0909. The summed E-state index contributed by atoms with van der Waals surface area (Å²) < 4.78 is 19.5. The molecule has 3 aromatic rings. The fourth-order valence-corrected chi connectivity index (χ4v) is 3.44. The van der Waals surface area contributed by atoms with Crippen molar-refractivity contribution in [2.24, 2.45) is 0 Å². The van der Waals surface area contributed by atoms with Crippen molar-refractivity contribution in [1.29, 1.82) is 0 Å². The molecule has 0 radical (unpaired) electrons. The van der Waals surface area contributed by atoms with Crippen LogP contribution in [0.25, 0.3) is 0 Å². The predicted octanol–water partition coefficient (Wildman–Crippen LogP) is 4.22. The zero-order valence-electron chi connectivity index (χ0n) is 14.5. The Morgan fingerprint density at radius 1 is 0.815 bits per heavy atom. The summed E-state index contributed by atoms with van der Waals surface area (Å²) in [7, 11) is 1.53. The van der Waals surface area contributed by atoms with Gasteiger partial charge in [-0.05, 0) is 29.8 Å². The number of Topliss-reactive ketones (excluding diaryl/α,β-unsaturated/α-hetero) is 2. The van der Waals surface area contributed by atoms with Crippen molar-refractivity contribution in [2.75, 3.05) is 12.4 Å². The Balaban J connectivity index is 1.92. The SMILES string of the molecule is COc1ccc(C2(Nc3ccccc3F)C(=O)c3ccccc3C2=O)cc1. The van der Waals surface area contributed by atoms with E-state index in [0.717, 1.165) is 0 Å². The van der Waals surface area contributed by atoms with Crippen molar-refractivity contribution < 1.29 is 18.7 Å². The molecular weight excluding hydrogens is 345 g/mol. The molecule has 0 amide bonds. The summed E-state index contributed by atoms with van der Waals surface area (Å²) in [6, 6.07) is 19.3. The Morgan fingerprint density at radius 2 is 1.37 bits per heavy atom. The summed E-state index contributed by atoms with van der Waals surface area (Å²) >= 11 is 0. The van der Waals surface area contributed by atoms with E-state index >= 15 is 0 Å². The van der Waals surface area contributed by atoms with Gasteiger partial charge in [0, 0.05) is 11.1 Å². The van der Waals surface area contributed by atoms with Crippen LogP contribution in [0.15, 0.2) is 72.8 Å². The number of fused-ring (bicyclic) bond motifs is 1. The molecule has 5 heteroatoms. The molecule has 134 valence electrons. The Bertz CT molecular complexity index is 1010.